The molecule has 3 nitrogen and oxygen atoms in total. The van der Waals surface area contributed by atoms with E-state index in [9.17, 15) is 4.79 Å². The summed E-state index contributed by atoms with van der Waals surface area (Å²) in [5, 5.41) is 4.24. The van der Waals surface area contributed by atoms with E-state index in [1.54, 1.807) is 0 Å². The van der Waals surface area contributed by atoms with Crippen LogP contribution in [-0.4, -0.2) is 11.6 Å². The second kappa shape index (κ2) is 6.34. The molecule has 3 heteroatoms. The lowest BCUT2D eigenvalue weighted by Gasteiger charge is -2.13. The fraction of sp³-hybridized carbons (Fsp3) is 0.467. The molecule has 1 aromatic rings. The van der Waals surface area contributed by atoms with Gasteiger partial charge in [0.05, 0.1) is 0 Å². The number of hydrogen-bond donors (Lipinski definition) is 1. The summed E-state index contributed by atoms with van der Waals surface area (Å²) in [5.41, 5.74) is 5.41. The van der Waals surface area contributed by atoms with Gasteiger partial charge < -0.3 is 0 Å². The molecule has 0 aliphatic heterocycles. The van der Waals surface area contributed by atoms with Crippen LogP contribution in [0, 0.1) is 18.8 Å². The summed E-state index contributed by atoms with van der Waals surface area (Å²) in [6.45, 7) is 10.3. The van der Waals surface area contributed by atoms with Gasteiger partial charge in [-0.2, -0.15) is 5.10 Å². The number of nitrogens with zero attached hydrogens (tertiary/aromatic N) is 1. The predicted octanol–water partition coefficient (Wildman–Crippen LogP) is 3.39. The average molecular weight is 246 g/mol. The van der Waals surface area contributed by atoms with Crippen molar-refractivity contribution in [2.45, 2.75) is 34.6 Å². The molecule has 1 rings (SSSR count). The van der Waals surface area contributed by atoms with Crippen LogP contribution in [-0.2, 0) is 0 Å². The number of hydrogen-bond acceptors (Lipinski definition) is 2. The zero-order valence-electron chi connectivity index (χ0n) is 11.8. The van der Waals surface area contributed by atoms with Crippen molar-refractivity contribution in [1.29, 1.82) is 0 Å². The fourth-order valence-electron chi connectivity index (χ4n) is 1.81. The first-order chi connectivity index (χ1) is 8.41. The Morgan fingerprint density at radius 2 is 1.56 bits per heavy atom. The summed E-state index contributed by atoms with van der Waals surface area (Å²) in [6.07, 6.45) is 0. The van der Waals surface area contributed by atoms with Gasteiger partial charge in [0.1, 0.15) is 0 Å². The summed E-state index contributed by atoms with van der Waals surface area (Å²) in [5.74, 6) is 0.514. The summed E-state index contributed by atoms with van der Waals surface area (Å²) in [4.78, 5) is 11.9. The number of hydrazone groups is 1. The van der Waals surface area contributed by atoms with Crippen molar-refractivity contribution in [2.75, 3.05) is 0 Å². The highest BCUT2D eigenvalue weighted by atomic mass is 16.2. The van der Waals surface area contributed by atoms with Crippen LogP contribution in [0.4, 0.5) is 0 Å². The molecule has 0 atom stereocenters. The van der Waals surface area contributed by atoms with Gasteiger partial charge in [0.15, 0.2) is 0 Å². The molecule has 0 aliphatic carbocycles. The Labute approximate surface area is 109 Å². The normalized spacial score (nSPS) is 10.6. The molecule has 0 radical (unpaired) electrons. The standard InChI is InChI=1S/C15H22N2O/c1-10(2)14(11(3)4)16-17-15(18)13-8-6-12(5)7-9-13/h6-11H,1-5H3,(H,17,18). The van der Waals surface area contributed by atoms with E-state index in [1.807, 2.05) is 31.2 Å². The minimum atomic E-state index is -0.159. The SMILES string of the molecule is Cc1ccc(C(=O)NN=C(C(C)C)C(C)C)cc1. The maximum absolute atomic E-state index is 11.9. The highest BCUT2D eigenvalue weighted by Crippen LogP contribution is 2.08. The van der Waals surface area contributed by atoms with Gasteiger partial charge in [-0.25, -0.2) is 5.43 Å². The molecular weight excluding hydrogens is 224 g/mol. The maximum Gasteiger partial charge on any atom is 0.271 e. The van der Waals surface area contributed by atoms with Crippen molar-refractivity contribution < 1.29 is 4.79 Å². The number of amides is 1. The monoisotopic (exact) mass is 246 g/mol. The van der Waals surface area contributed by atoms with E-state index in [1.165, 1.54) is 0 Å². The van der Waals surface area contributed by atoms with E-state index in [2.05, 4.69) is 38.2 Å². The third-order valence-corrected chi connectivity index (χ3v) is 2.78. The van der Waals surface area contributed by atoms with E-state index in [0.717, 1.165) is 11.3 Å². The van der Waals surface area contributed by atoms with Crippen LogP contribution in [0.1, 0.15) is 43.6 Å². The Kier molecular flexibility index (Phi) is 5.08. The van der Waals surface area contributed by atoms with E-state index in [4.69, 9.17) is 0 Å². The molecule has 1 N–H and O–H groups in total. The molecule has 98 valence electrons. The van der Waals surface area contributed by atoms with Gasteiger partial charge in [0.2, 0.25) is 0 Å². The van der Waals surface area contributed by atoms with Crippen LogP contribution in [0.3, 0.4) is 0 Å². The number of rotatable bonds is 4. The van der Waals surface area contributed by atoms with E-state index >= 15 is 0 Å². The van der Waals surface area contributed by atoms with E-state index < -0.39 is 0 Å². The minimum Gasteiger partial charge on any atom is -0.267 e. The summed E-state index contributed by atoms with van der Waals surface area (Å²) in [6, 6.07) is 7.46. The lowest BCUT2D eigenvalue weighted by molar-refractivity contribution is 0.0954. The van der Waals surface area contributed by atoms with Gasteiger partial charge in [-0.3, -0.25) is 4.79 Å². The zero-order chi connectivity index (χ0) is 13.7. The fourth-order valence-corrected chi connectivity index (χ4v) is 1.81. The van der Waals surface area contributed by atoms with E-state index in [0.29, 0.717) is 17.4 Å². The van der Waals surface area contributed by atoms with Crippen LogP contribution in [0.25, 0.3) is 0 Å². The smallest absolute Gasteiger partial charge is 0.267 e. The Morgan fingerprint density at radius 1 is 1.06 bits per heavy atom. The van der Waals surface area contributed by atoms with Crippen molar-refractivity contribution in [2.24, 2.45) is 16.9 Å². The Morgan fingerprint density at radius 3 is 2.00 bits per heavy atom. The number of aryl methyl sites for hydroxylation is 1. The molecule has 0 fully saturated rings. The number of carbonyl (C=O) groups is 1. The molecule has 0 bridgehead atoms. The Balaban J connectivity index is 2.76. The number of nitrogens with one attached hydrogen (secondary N) is 1. The van der Waals surface area contributed by atoms with Gasteiger partial charge in [0.25, 0.3) is 5.91 Å². The lowest BCUT2D eigenvalue weighted by atomic mass is 9.98. The number of carbonyl (C=O) groups excluding carboxylic acids is 1. The molecule has 0 aromatic heterocycles. The van der Waals surface area contributed by atoms with Crippen molar-refractivity contribution in [3.63, 3.8) is 0 Å². The molecule has 0 spiro atoms. The molecule has 18 heavy (non-hydrogen) atoms. The first kappa shape index (κ1) is 14.4. The zero-order valence-corrected chi connectivity index (χ0v) is 11.8. The van der Waals surface area contributed by atoms with Crippen molar-refractivity contribution in [1.82, 2.24) is 5.43 Å². The van der Waals surface area contributed by atoms with Crippen molar-refractivity contribution in [3.05, 3.63) is 35.4 Å². The Bertz CT molecular complexity index is 420. The third kappa shape index (κ3) is 3.99. The van der Waals surface area contributed by atoms with Crippen LogP contribution in [0.15, 0.2) is 29.4 Å². The highest BCUT2D eigenvalue weighted by Gasteiger charge is 2.11. The third-order valence-electron chi connectivity index (χ3n) is 2.78. The topological polar surface area (TPSA) is 41.5 Å². The van der Waals surface area contributed by atoms with Crippen LogP contribution < -0.4 is 5.43 Å². The largest absolute Gasteiger partial charge is 0.271 e. The highest BCUT2D eigenvalue weighted by molar-refractivity contribution is 5.96. The van der Waals surface area contributed by atoms with Crippen molar-refractivity contribution >= 4 is 11.6 Å². The second-order valence-corrected chi connectivity index (χ2v) is 5.15. The Hall–Kier alpha value is -1.64. The molecule has 0 aliphatic rings. The van der Waals surface area contributed by atoms with Gasteiger partial charge in [-0.05, 0) is 30.9 Å². The molecule has 0 heterocycles. The van der Waals surface area contributed by atoms with E-state index in [-0.39, 0.29) is 5.91 Å². The summed E-state index contributed by atoms with van der Waals surface area (Å²) in [7, 11) is 0. The van der Waals surface area contributed by atoms with Gasteiger partial charge in [-0.15, -0.1) is 0 Å². The minimum absolute atomic E-state index is 0.159. The molecule has 0 saturated carbocycles. The summed E-state index contributed by atoms with van der Waals surface area (Å²) >= 11 is 0. The maximum atomic E-state index is 11.9. The summed E-state index contributed by atoms with van der Waals surface area (Å²) < 4.78 is 0. The van der Waals surface area contributed by atoms with Crippen LogP contribution in [0.2, 0.25) is 0 Å². The predicted molar refractivity (Wildman–Crippen MR) is 75.8 cm³/mol. The van der Waals surface area contributed by atoms with Crippen molar-refractivity contribution in [3.8, 4) is 0 Å². The molecule has 1 aromatic carbocycles. The molecule has 0 saturated heterocycles. The first-order valence-electron chi connectivity index (χ1n) is 6.36. The lowest BCUT2D eigenvalue weighted by Crippen LogP contribution is -2.24. The second-order valence-electron chi connectivity index (χ2n) is 5.15. The van der Waals surface area contributed by atoms with Gasteiger partial charge in [0, 0.05) is 11.3 Å². The number of benzene rings is 1. The molecular formula is C15H22N2O. The first-order valence-corrected chi connectivity index (χ1v) is 6.36. The quantitative estimate of drug-likeness (QED) is 0.642. The van der Waals surface area contributed by atoms with Gasteiger partial charge in [-0.1, -0.05) is 45.4 Å². The average Bonchev–Trinajstić information content (AvgIpc) is 2.28. The van der Waals surface area contributed by atoms with Gasteiger partial charge >= 0.3 is 0 Å². The molecule has 1 amide bonds. The van der Waals surface area contributed by atoms with Crippen LogP contribution >= 0.6 is 0 Å². The molecule has 0 unspecified atom stereocenters. The van der Waals surface area contributed by atoms with Crippen LogP contribution in [0.5, 0.6) is 0 Å².